The molecule has 0 aromatic heterocycles. The van der Waals surface area contributed by atoms with Gasteiger partial charge in [0.1, 0.15) is 5.75 Å². The molecule has 0 saturated carbocycles. The van der Waals surface area contributed by atoms with E-state index in [0.717, 1.165) is 5.56 Å². The summed E-state index contributed by atoms with van der Waals surface area (Å²) in [5, 5.41) is 3.34. The highest BCUT2D eigenvalue weighted by atomic mass is 19.3. The van der Waals surface area contributed by atoms with Gasteiger partial charge in [0.15, 0.2) is 5.79 Å². The molecule has 1 aliphatic rings. The van der Waals surface area contributed by atoms with Crippen molar-refractivity contribution < 1.29 is 23.0 Å². The van der Waals surface area contributed by atoms with Gasteiger partial charge in [0, 0.05) is 12.6 Å². The third-order valence-corrected chi connectivity index (χ3v) is 3.32. The van der Waals surface area contributed by atoms with E-state index in [2.05, 4.69) is 10.1 Å². The Balaban J connectivity index is 1.82. The Hall–Kier alpha value is -1.24. The molecule has 2 rings (SSSR count). The number of benzene rings is 1. The summed E-state index contributed by atoms with van der Waals surface area (Å²) in [4.78, 5) is 0. The standard InChI is InChI=1S/C15H21F2NO3/c1-10(18-8-13-9-19-15(2,3)21-13)11-4-6-12(7-5-11)20-14(16)17/h4-7,10,13-14,18H,8-9H2,1-3H3. The van der Waals surface area contributed by atoms with Gasteiger partial charge in [-0.1, -0.05) is 12.1 Å². The minimum atomic E-state index is -2.80. The van der Waals surface area contributed by atoms with E-state index in [9.17, 15) is 8.78 Å². The summed E-state index contributed by atoms with van der Waals surface area (Å²) in [6.45, 7) is 4.21. The zero-order chi connectivity index (χ0) is 15.5. The second kappa shape index (κ2) is 6.68. The fourth-order valence-corrected chi connectivity index (χ4v) is 2.23. The Bertz CT molecular complexity index is 451. The second-order valence-electron chi connectivity index (χ2n) is 5.53. The van der Waals surface area contributed by atoms with E-state index in [-0.39, 0.29) is 17.9 Å². The van der Waals surface area contributed by atoms with E-state index in [0.29, 0.717) is 13.2 Å². The number of rotatable bonds is 6. The third kappa shape index (κ3) is 4.91. The molecule has 1 aliphatic heterocycles. The van der Waals surface area contributed by atoms with Gasteiger partial charge < -0.3 is 19.5 Å². The summed E-state index contributed by atoms with van der Waals surface area (Å²) in [6, 6.07) is 6.70. The zero-order valence-electron chi connectivity index (χ0n) is 12.4. The van der Waals surface area contributed by atoms with E-state index in [1.165, 1.54) is 12.1 Å². The Kier molecular flexibility index (Phi) is 5.13. The Labute approximate surface area is 123 Å². The third-order valence-electron chi connectivity index (χ3n) is 3.32. The van der Waals surface area contributed by atoms with Crippen LogP contribution < -0.4 is 10.1 Å². The normalized spacial score (nSPS) is 22.5. The number of hydrogen-bond acceptors (Lipinski definition) is 4. The first-order valence-electron chi connectivity index (χ1n) is 6.96. The van der Waals surface area contributed by atoms with Gasteiger partial charge in [-0.3, -0.25) is 0 Å². The first kappa shape index (κ1) is 16.1. The lowest BCUT2D eigenvalue weighted by Gasteiger charge is -2.19. The monoisotopic (exact) mass is 301 g/mol. The molecule has 1 heterocycles. The highest BCUT2D eigenvalue weighted by molar-refractivity contribution is 5.28. The average molecular weight is 301 g/mol. The quantitative estimate of drug-likeness (QED) is 0.876. The summed E-state index contributed by atoms with van der Waals surface area (Å²) in [6.07, 6.45) is 0.0175. The number of hydrogen-bond donors (Lipinski definition) is 1. The highest BCUT2D eigenvalue weighted by Crippen LogP contribution is 2.23. The van der Waals surface area contributed by atoms with E-state index in [1.807, 2.05) is 20.8 Å². The molecule has 0 aliphatic carbocycles. The first-order chi connectivity index (χ1) is 9.85. The van der Waals surface area contributed by atoms with Crippen molar-refractivity contribution in [1.82, 2.24) is 5.32 Å². The molecule has 4 nitrogen and oxygen atoms in total. The fraction of sp³-hybridized carbons (Fsp3) is 0.600. The molecule has 0 radical (unpaired) electrons. The number of ether oxygens (including phenoxy) is 3. The Morgan fingerprint density at radius 3 is 2.52 bits per heavy atom. The average Bonchev–Trinajstić information content (AvgIpc) is 2.76. The molecule has 2 unspecified atom stereocenters. The molecular formula is C15H21F2NO3. The SMILES string of the molecule is CC(NCC1COC(C)(C)O1)c1ccc(OC(F)F)cc1. The smallest absolute Gasteiger partial charge is 0.387 e. The minimum Gasteiger partial charge on any atom is -0.435 e. The van der Waals surface area contributed by atoms with E-state index in [1.54, 1.807) is 12.1 Å². The van der Waals surface area contributed by atoms with Gasteiger partial charge in [-0.2, -0.15) is 8.78 Å². The van der Waals surface area contributed by atoms with Gasteiger partial charge in [0.05, 0.1) is 12.7 Å². The molecule has 21 heavy (non-hydrogen) atoms. The number of halogens is 2. The van der Waals surface area contributed by atoms with E-state index in [4.69, 9.17) is 9.47 Å². The molecule has 1 fully saturated rings. The van der Waals surface area contributed by atoms with E-state index >= 15 is 0 Å². The van der Waals surface area contributed by atoms with Gasteiger partial charge in [0.2, 0.25) is 0 Å². The van der Waals surface area contributed by atoms with Gasteiger partial charge >= 0.3 is 6.61 Å². The topological polar surface area (TPSA) is 39.7 Å². The van der Waals surface area contributed by atoms with Crippen molar-refractivity contribution in [3.05, 3.63) is 29.8 Å². The van der Waals surface area contributed by atoms with E-state index < -0.39 is 12.4 Å². The van der Waals surface area contributed by atoms with Crippen LogP contribution in [0.4, 0.5) is 8.78 Å². The van der Waals surface area contributed by atoms with Crippen LogP contribution in [0.2, 0.25) is 0 Å². The molecule has 6 heteroatoms. The van der Waals surface area contributed by atoms with Gasteiger partial charge in [-0.05, 0) is 38.5 Å². The lowest BCUT2D eigenvalue weighted by atomic mass is 10.1. The van der Waals surface area contributed by atoms with Crippen molar-refractivity contribution >= 4 is 0 Å². The van der Waals surface area contributed by atoms with Crippen LogP contribution in [0.3, 0.4) is 0 Å². The summed E-state index contributed by atoms with van der Waals surface area (Å²) in [5.41, 5.74) is 0.995. The van der Waals surface area contributed by atoms with Crippen LogP contribution in [0.25, 0.3) is 0 Å². The van der Waals surface area contributed by atoms with Gasteiger partial charge in [-0.25, -0.2) is 0 Å². The molecule has 1 aromatic rings. The summed E-state index contributed by atoms with van der Waals surface area (Å²) >= 11 is 0. The largest absolute Gasteiger partial charge is 0.435 e. The Morgan fingerprint density at radius 2 is 2.00 bits per heavy atom. The van der Waals surface area contributed by atoms with Crippen LogP contribution in [-0.2, 0) is 9.47 Å². The predicted molar refractivity (Wildman–Crippen MR) is 74.4 cm³/mol. The van der Waals surface area contributed by atoms with Crippen molar-refractivity contribution in [2.45, 2.75) is 45.3 Å². The fourth-order valence-electron chi connectivity index (χ4n) is 2.23. The molecule has 0 amide bonds. The molecule has 2 atom stereocenters. The van der Waals surface area contributed by atoms with Crippen molar-refractivity contribution in [2.75, 3.05) is 13.2 Å². The van der Waals surface area contributed by atoms with Crippen LogP contribution in [0.1, 0.15) is 32.4 Å². The molecule has 0 bridgehead atoms. The maximum Gasteiger partial charge on any atom is 0.387 e. The van der Waals surface area contributed by atoms with Crippen LogP contribution in [-0.4, -0.2) is 31.7 Å². The molecule has 1 aromatic carbocycles. The second-order valence-corrected chi connectivity index (χ2v) is 5.53. The highest BCUT2D eigenvalue weighted by Gasteiger charge is 2.32. The van der Waals surface area contributed by atoms with Crippen molar-refractivity contribution in [3.63, 3.8) is 0 Å². The lowest BCUT2D eigenvalue weighted by molar-refractivity contribution is -0.137. The maximum atomic E-state index is 12.1. The van der Waals surface area contributed by atoms with Crippen LogP contribution >= 0.6 is 0 Å². The first-order valence-corrected chi connectivity index (χ1v) is 6.96. The summed E-state index contributed by atoms with van der Waals surface area (Å²) in [7, 11) is 0. The maximum absolute atomic E-state index is 12.1. The van der Waals surface area contributed by atoms with Gasteiger partial charge in [0.25, 0.3) is 0 Å². The predicted octanol–water partition coefficient (Wildman–Crippen LogP) is 3.09. The van der Waals surface area contributed by atoms with Crippen LogP contribution in [0.15, 0.2) is 24.3 Å². The zero-order valence-corrected chi connectivity index (χ0v) is 12.4. The van der Waals surface area contributed by atoms with Crippen LogP contribution in [0.5, 0.6) is 5.75 Å². The molecule has 1 saturated heterocycles. The number of alkyl halides is 2. The molecule has 0 spiro atoms. The van der Waals surface area contributed by atoms with Gasteiger partial charge in [-0.15, -0.1) is 0 Å². The minimum absolute atomic E-state index is 0.0175. The van der Waals surface area contributed by atoms with Crippen molar-refractivity contribution in [2.24, 2.45) is 0 Å². The molecule has 1 N–H and O–H groups in total. The summed E-state index contributed by atoms with van der Waals surface area (Å²) < 4.78 is 39.7. The Morgan fingerprint density at radius 1 is 1.33 bits per heavy atom. The molecular weight excluding hydrogens is 280 g/mol. The van der Waals surface area contributed by atoms with Crippen LogP contribution in [0, 0.1) is 0 Å². The summed E-state index contributed by atoms with van der Waals surface area (Å²) in [5.74, 6) is -0.362. The van der Waals surface area contributed by atoms with Crippen molar-refractivity contribution in [3.8, 4) is 5.75 Å². The molecule has 118 valence electrons. The number of nitrogens with one attached hydrogen (secondary N) is 1. The lowest BCUT2D eigenvalue weighted by Crippen LogP contribution is -2.32. The van der Waals surface area contributed by atoms with Crippen molar-refractivity contribution in [1.29, 1.82) is 0 Å².